The molecule has 2 aromatic carbocycles. The third kappa shape index (κ3) is 1.30. The smallest absolute Gasteiger partial charge is 0.271 e. The molecule has 4 nitrogen and oxygen atoms in total. The largest absolute Gasteiger partial charge is 0.355 e. The fourth-order valence-electron chi connectivity index (χ4n) is 5.46. The number of carbonyl (C=O) groups is 2. The summed E-state index contributed by atoms with van der Waals surface area (Å²) in [4.78, 5) is 26.8. The SMILES string of the molecule is CC(=O)N1C(=O)[C@]2(O[C@H]3[C@H]2c2ccccc2C32CC2)c2ccccc21. The first-order valence-electron chi connectivity index (χ1n) is 8.83. The highest BCUT2D eigenvalue weighted by Crippen LogP contribution is 2.73. The Balaban J connectivity index is 1.60. The van der Waals surface area contributed by atoms with Crippen LogP contribution >= 0.6 is 0 Å². The van der Waals surface area contributed by atoms with E-state index in [0.29, 0.717) is 5.69 Å². The molecule has 0 radical (unpaired) electrons. The molecule has 2 heterocycles. The lowest BCUT2D eigenvalue weighted by molar-refractivity contribution is -0.229. The third-order valence-electron chi connectivity index (χ3n) is 6.60. The number of para-hydroxylation sites is 1. The van der Waals surface area contributed by atoms with Gasteiger partial charge in [-0.05, 0) is 30.0 Å². The van der Waals surface area contributed by atoms with Crippen molar-refractivity contribution >= 4 is 17.5 Å². The maximum Gasteiger partial charge on any atom is 0.271 e. The number of fused-ring (bicyclic) bond motifs is 8. The molecule has 0 bridgehead atoms. The number of imide groups is 1. The van der Waals surface area contributed by atoms with Gasteiger partial charge in [0.25, 0.3) is 5.91 Å². The molecule has 2 aliphatic carbocycles. The maximum atomic E-state index is 13.4. The number of hydrogen-bond acceptors (Lipinski definition) is 3. The van der Waals surface area contributed by atoms with Crippen LogP contribution in [0, 0.1) is 0 Å². The fraction of sp³-hybridized carbons (Fsp3) is 0.333. The lowest BCUT2D eigenvalue weighted by Crippen LogP contribution is -2.61. The summed E-state index contributed by atoms with van der Waals surface area (Å²) >= 11 is 0. The molecule has 2 spiro atoms. The van der Waals surface area contributed by atoms with Gasteiger partial charge in [-0.3, -0.25) is 9.59 Å². The molecule has 0 aromatic heterocycles. The monoisotopic (exact) mass is 331 g/mol. The first-order chi connectivity index (χ1) is 12.1. The molecule has 3 atom stereocenters. The molecule has 124 valence electrons. The van der Waals surface area contributed by atoms with E-state index in [1.807, 2.05) is 30.3 Å². The Morgan fingerprint density at radius 1 is 1.08 bits per heavy atom. The van der Waals surface area contributed by atoms with Crippen LogP contribution in [-0.4, -0.2) is 17.9 Å². The normalized spacial score (nSPS) is 32.4. The first-order valence-corrected chi connectivity index (χ1v) is 8.83. The molecule has 4 heteroatoms. The number of amides is 2. The summed E-state index contributed by atoms with van der Waals surface area (Å²) < 4.78 is 6.45. The summed E-state index contributed by atoms with van der Waals surface area (Å²) in [6.07, 6.45) is 2.29. The van der Waals surface area contributed by atoms with E-state index in [1.54, 1.807) is 0 Å². The second kappa shape index (κ2) is 4.02. The Bertz CT molecular complexity index is 977. The van der Waals surface area contributed by atoms with Crippen molar-refractivity contribution in [3.8, 4) is 0 Å². The van der Waals surface area contributed by atoms with Crippen LogP contribution in [0.25, 0.3) is 0 Å². The van der Waals surface area contributed by atoms with E-state index in [1.165, 1.54) is 23.0 Å². The molecule has 0 unspecified atom stereocenters. The van der Waals surface area contributed by atoms with Gasteiger partial charge in [0.05, 0.1) is 17.7 Å². The lowest BCUT2D eigenvalue weighted by atomic mass is 9.71. The van der Waals surface area contributed by atoms with Gasteiger partial charge < -0.3 is 4.74 Å². The Kier molecular flexibility index (Phi) is 2.22. The van der Waals surface area contributed by atoms with E-state index in [-0.39, 0.29) is 29.3 Å². The quantitative estimate of drug-likeness (QED) is 0.745. The Morgan fingerprint density at radius 2 is 1.76 bits per heavy atom. The van der Waals surface area contributed by atoms with Gasteiger partial charge in [0.2, 0.25) is 5.91 Å². The van der Waals surface area contributed by atoms with Crippen LogP contribution in [-0.2, 0) is 25.3 Å². The highest BCUT2D eigenvalue weighted by molar-refractivity contribution is 6.22. The van der Waals surface area contributed by atoms with E-state index in [0.717, 1.165) is 18.4 Å². The van der Waals surface area contributed by atoms with Crippen LogP contribution in [0.3, 0.4) is 0 Å². The highest BCUT2D eigenvalue weighted by atomic mass is 16.6. The molecule has 25 heavy (non-hydrogen) atoms. The van der Waals surface area contributed by atoms with Crippen LogP contribution in [0.5, 0.6) is 0 Å². The second-order valence-electron chi connectivity index (χ2n) is 7.67. The van der Waals surface area contributed by atoms with Crippen LogP contribution < -0.4 is 4.90 Å². The molecule has 2 fully saturated rings. The fourth-order valence-corrected chi connectivity index (χ4v) is 5.46. The number of rotatable bonds is 0. The Labute approximate surface area is 145 Å². The van der Waals surface area contributed by atoms with E-state index >= 15 is 0 Å². The van der Waals surface area contributed by atoms with E-state index in [9.17, 15) is 9.59 Å². The predicted molar refractivity (Wildman–Crippen MR) is 91.3 cm³/mol. The van der Waals surface area contributed by atoms with Gasteiger partial charge in [-0.2, -0.15) is 0 Å². The van der Waals surface area contributed by atoms with Gasteiger partial charge >= 0.3 is 0 Å². The third-order valence-corrected chi connectivity index (χ3v) is 6.60. The molecule has 4 aliphatic rings. The summed E-state index contributed by atoms with van der Waals surface area (Å²) in [7, 11) is 0. The molecule has 6 rings (SSSR count). The van der Waals surface area contributed by atoms with Crippen LogP contribution in [0.4, 0.5) is 5.69 Å². The number of carbonyl (C=O) groups excluding carboxylic acids is 2. The highest BCUT2D eigenvalue weighted by Gasteiger charge is 2.77. The van der Waals surface area contributed by atoms with Gasteiger partial charge in [-0.15, -0.1) is 0 Å². The summed E-state index contributed by atoms with van der Waals surface area (Å²) in [6.45, 7) is 1.44. The van der Waals surface area contributed by atoms with Crippen molar-refractivity contribution in [1.82, 2.24) is 0 Å². The number of hydrogen-bond donors (Lipinski definition) is 0. The van der Waals surface area contributed by atoms with Crippen molar-refractivity contribution in [3.63, 3.8) is 0 Å². The molecule has 1 saturated heterocycles. The van der Waals surface area contributed by atoms with Crippen LogP contribution in [0.15, 0.2) is 48.5 Å². The van der Waals surface area contributed by atoms with E-state index < -0.39 is 5.60 Å². The number of nitrogens with zero attached hydrogens (tertiary/aromatic N) is 1. The predicted octanol–water partition coefficient (Wildman–Crippen LogP) is 3.00. The van der Waals surface area contributed by atoms with Crippen molar-refractivity contribution < 1.29 is 14.3 Å². The van der Waals surface area contributed by atoms with Gasteiger partial charge in [0, 0.05) is 17.9 Å². The zero-order chi connectivity index (χ0) is 17.0. The van der Waals surface area contributed by atoms with Gasteiger partial charge in [0.15, 0.2) is 5.60 Å². The molecule has 2 amide bonds. The van der Waals surface area contributed by atoms with E-state index in [2.05, 4.69) is 18.2 Å². The van der Waals surface area contributed by atoms with Crippen molar-refractivity contribution in [2.45, 2.75) is 42.8 Å². The van der Waals surface area contributed by atoms with Gasteiger partial charge in [-0.25, -0.2) is 4.90 Å². The number of benzene rings is 2. The molecule has 0 N–H and O–H groups in total. The summed E-state index contributed by atoms with van der Waals surface area (Å²) in [5, 5.41) is 0. The van der Waals surface area contributed by atoms with Crippen LogP contribution in [0.1, 0.15) is 42.4 Å². The molecular formula is C21H17NO3. The second-order valence-corrected chi connectivity index (χ2v) is 7.67. The summed E-state index contributed by atoms with van der Waals surface area (Å²) in [5.41, 5.74) is 3.13. The zero-order valence-corrected chi connectivity index (χ0v) is 13.9. The molecule has 2 aliphatic heterocycles. The first kappa shape index (κ1) is 13.8. The topological polar surface area (TPSA) is 46.6 Å². The van der Waals surface area contributed by atoms with Crippen LogP contribution in [0.2, 0.25) is 0 Å². The average molecular weight is 331 g/mol. The molecule has 2 aromatic rings. The lowest BCUT2D eigenvalue weighted by Gasteiger charge is -2.51. The number of ether oxygens (including phenoxy) is 1. The zero-order valence-electron chi connectivity index (χ0n) is 13.9. The van der Waals surface area contributed by atoms with Crippen molar-refractivity contribution in [2.24, 2.45) is 0 Å². The summed E-state index contributed by atoms with van der Waals surface area (Å²) in [6, 6.07) is 16.0. The standard InChI is InChI=1S/C21H17NO3/c1-12(23)22-16-9-5-4-8-15(16)21(19(22)24)17-13-6-2-3-7-14(13)20(10-11-20)18(17)25-21/h2-9,17-18H,10-11H2,1H3/t17-,18+,21+/m1/s1. The Morgan fingerprint density at radius 3 is 2.48 bits per heavy atom. The minimum Gasteiger partial charge on any atom is -0.355 e. The van der Waals surface area contributed by atoms with Crippen molar-refractivity contribution in [1.29, 1.82) is 0 Å². The van der Waals surface area contributed by atoms with Crippen molar-refractivity contribution in [3.05, 3.63) is 65.2 Å². The maximum absolute atomic E-state index is 13.4. The van der Waals surface area contributed by atoms with Crippen molar-refractivity contribution in [2.75, 3.05) is 4.90 Å². The van der Waals surface area contributed by atoms with E-state index in [4.69, 9.17) is 4.74 Å². The van der Waals surface area contributed by atoms with Gasteiger partial charge in [-0.1, -0.05) is 42.5 Å². The van der Waals surface area contributed by atoms with Gasteiger partial charge in [0.1, 0.15) is 0 Å². The number of anilines is 1. The summed E-state index contributed by atoms with van der Waals surface area (Å²) in [5.74, 6) is -0.479. The minimum atomic E-state index is -1.03. The Hall–Kier alpha value is -2.46. The average Bonchev–Trinajstić information content (AvgIpc) is 3.27. The molecular weight excluding hydrogens is 314 g/mol. The minimum absolute atomic E-state index is 0.00389. The molecule has 1 saturated carbocycles.